The van der Waals surface area contributed by atoms with Crippen molar-refractivity contribution >= 4 is 27.7 Å². The molecule has 1 aliphatic heterocycles. The van der Waals surface area contributed by atoms with E-state index in [2.05, 4.69) is 45.2 Å². The van der Waals surface area contributed by atoms with Gasteiger partial charge in [0.2, 0.25) is 11.8 Å². The standard InChI is InChI=1S/C24H17BrN2O2/c25-24-17-9-3-1-7-15(17)19(16-8-2-4-10-18(16)24)20-21(24)23(29)27(22(20)28)13-14-6-5-11-26-12-14/h1-12,19-21H,13H2/t19?,20-,21+,24?/m0/s1. The summed E-state index contributed by atoms with van der Waals surface area (Å²) in [4.78, 5) is 32.8. The van der Waals surface area contributed by atoms with Crippen molar-refractivity contribution in [2.45, 2.75) is 16.8 Å². The number of nitrogens with zero attached hydrogens (tertiary/aromatic N) is 2. The molecule has 2 amide bonds. The van der Waals surface area contributed by atoms with Gasteiger partial charge in [-0.3, -0.25) is 19.5 Å². The van der Waals surface area contributed by atoms with E-state index in [4.69, 9.17) is 0 Å². The molecule has 5 heteroatoms. The normalized spacial score (nSPS) is 28.9. The molecule has 1 saturated heterocycles. The largest absolute Gasteiger partial charge is 0.277 e. The molecule has 29 heavy (non-hydrogen) atoms. The number of rotatable bonds is 2. The zero-order valence-corrected chi connectivity index (χ0v) is 17.0. The second-order valence-corrected chi connectivity index (χ2v) is 9.24. The van der Waals surface area contributed by atoms with E-state index in [0.29, 0.717) is 0 Å². The van der Waals surface area contributed by atoms with Crippen molar-refractivity contribution in [1.82, 2.24) is 9.88 Å². The molecule has 0 N–H and O–H groups in total. The van der Waals surface area contributed by atoms with Crippen molar-refractivity contribution < 1.29 is 9.59 Å². The van der Waals surface area contributed by atoms with Gasteiger partial charge in [-0.25, -0.2) is 0 Å². The summed E-state index contributed by atoms with van der Waals surface area (Å²) in [6.45, 7) is 0.265. The quantitative estimate of drug-likeness (QED) is 0.443. The minimum Gasteiger partial charge on any atom is -0.277 e. The average molecular weight is 445 g/mol. The number of likely N-dealkylation sites (tertiary alicyclic amines) is 1. The number of halogens is 1. The smallest absolute Gasteiger partial charge is 0.235 e. The topological polar surface area (TPSA) is 50.3 Å². The number of imide groups is 1. The number of carbonyl (C=O) groups excluding carboxylic acids is 2. The Morgan fingerprint density at radius 3 is 2.17 bits per heavy atom. The van der Waals surface area contributed by atoms with Gasteiger partial charge in [-0.2, -0.15) is 0 Å². The van der Waals surface area contributed by atoms with E-state index in [1.807, 2.05) is 36.4 Å². The van der Waals surface area contributed by atoms with Crippen LogP contribution in [0.5, 0.6) is 0 Å². The van der Waals surface area contributed by atoms with Gasteiger partial charge < -0.3 is 0 Å². The predicted molar refractivity (Wildman–Crippen MR) is 111 cm³/mol. The van der Waals surface area contributed by atoms with Gasteiger partial charge in [0.05, 0.1) is 22.7 Å². The maximum absolute atomic E-state index is 13.6. The van der Waals surface area contributed by atoms with E-state index in [0.717, 1.165) is 27.8 Å². The van der Waals surface area contributed by atoms with Crippen LogP contribution in [0.2, 0.25) is 0 Å². The van der Waals surface area contributed by atoms with E-state index in [1.165, 1.54) is 4.90 Å². The third kappa shape index (κ3) is 2.06. The first-order valence-corrected chi connectivity index (χ1v) is 10.5. The molecule has 2 atom stereocenters. The van der Waals surface area contributed by atoms with Gasteiger partial charge in [-0.1, -0.05) is 70.5 Å². The molecule has 0 saturated carbocycles. The Bertz CT molecular complexity index is 1130. The molecule has 2 heterocycles. The van der Waals surface area contributed by atoms with Crippen LogP contribution in [0.3, 0.4) is 0 Å². The molecular formula is C24H17BrN2O2. The molecule has 1 aromatic heterocycles. The summed E-state index contributed by atoms with van der Waals surface area (Å²) in [6.07, 6.45) is 3.41. The molecule has 7 rings (SSSR count). The lowest BCUT2D eigenvalue weighted by molar-refractivity contribution is -0.140. The summed E-state index contributed by atoms with van der Waals surface area (Å²) in [5.41, 5.74) is 5.37. The fraction of sp³-hybridized carbons (Fsp3) is 0.208. The van der Waals surface area contributed by atoms with Crippen LogP contribution in [0, 0.1) is 11.8 Å². The summed E-state index contributed by atoms with van der Waals surface area (Å²) < 4.78 is -0.684. The molecule has 0 radical (unpaired) electrons. The van der Waals surface area contributed by atoms with Crippen molar-refractivity contribution in [2.75, 3.05) is 0 Å². The van der Waals surface area contributed by atoms with Crippen molar-refractivity contribution in [2.24, 2.45) is 11.8 Å². The van der Waals surface area contributed by atoms with Gasteiger partial charge in [0.25, 0.3) is 0 Å². The lowest BCUT2D eigenvalue weighted by atomic mass is 9.55. The Kier molecular flexibility index (Phi) is 3.46. The fourth-order valence-corrected chi connectivity index (χ4v) is 6.77. The summed E-state index contributed by atoms with van der Waals surface area (Å²) in [7, 11) is 0. The van der Waals surface area contributed by atoms with Crippen LogP contribution < -0.4 is 0 Å². The molecule has 2 aromatic carbocycles. The lowest BCUT2D eigenvalue weighted by Gasteiger charge is -2.51. The van der Waals surface area contributed by atoms with E-state index in [1.54, 1.807) is 12.4 Å². The lowest BCUT2D eigenvalue weighted by Crippen LogP contribution is -2.50. The van der Waals surface area contributed by atoms with Crippen LogP contribution in [-0.2, 0) is 20.5 Å². The molecule has 4 aliphatic rings. The van der Waals surface area contributed by atoms with Crippen molar-refractivity contribution in [3.8, 4) is 0 Å². The maximum atomic E-state index is 13.6. The Morgan fingerprint density at radius 2 is 1.55 bits per heavy atom. The first-order valence-electron chi connectivity index (χ1n) is 9.74. The van der Waals surface area contributed by atoms with Gasteiger partial charge >= 0.3 is 0 Å². The Morgan fingerprint density at radius 1 is 0.897 bits per heavy atom. The van der Waals surface area contributed by atoms with Crippen LogP contribution in [0.1, 0.15) is 33.7 Å². The molecule has 142 valence electrons. The Labute approximate surface area is 176 Å². The number of carbonyl (C=O) groups is 2. The zero-order valence-electron chi connectivity index (χ0n) is 15.5. The number of hydrogen-bond donors (Lipinski definition) is 0. The molecule has 1 fully saturated rings. The summed E-state index contributed by atoms with van der Waals surface area (Å²) in [5, 5.41) is 0. The molecule has 4 nitrogen and oxygen atoms in total. The maximum Gasteiger partial charge on any atom is 0.235 e. The molecule has 0 unspecified atom stereocenters. The third-order valence-corrected chi connectivity index (χ3v) is 8.02. The molecule has 0 spiro atoms. The van der Waals surface area contributed by atoms with E-state index >= 15 is 0 Å². The minimum absolute atomic E-state index is 0.0818. The summed E-state index contributed by atoms with van der Waals surface area (Å²) in [6, 6.07) is 20.2. The van der Waals surface area contributed by atoms with E-state index in [9.17, 15) is 9.59 Å². The van der Waals surface area contributed by atoms with Crippen molar-refractivity contribution in [3.05, 3.63) is 101 Å². The fourth-order valence-electron chi connectivity index (χ4n) is 5.57. The van der Waals surface area contributed by atoms with Gasteiger partial charge in [0.15, 0.2) is 0 Å². The Hall–Kier alpha value is -2.79. The highest BCUT2D eigenvalue weighted by Crippen LogP contribution is 2.66. The SMILES string of the molecule is O=C1[C@H]2C3c4ccccc4C(Br)(c4ccccc43)[C@H]2C(=O)N1Cc1cccnc1. The van der Waals surface area contributed by atoms with Crippen molar-refractivity contribution in [3.63, 3.8) is 0 Å². The summed E-state index contributed by atoms with van der Waals surface area (Å²) >= 11 is 4.01. The monoisotopic (exact) mass is 444 g/mol. The van der Waals surface area contributed by atoms with Crippen LogP contribution in [0.15, 0.2) is 73.1 Å². The molecule has 3 aliphatic carbocycles. The number of alkyl halides is 1. The van der Waals surface area contributed by atoms with Gasteiger partial charge in [-0.15, -0.1) is 0 Å². The zero-order chi connectivity index (χ0) is 19.8. The number of amides is 2. The highest BCUT2D eigenvalue weighted by atomic mass is 79.9. The number of hydrogen-bond acceptors (Lipinski definition) is 3. The highest BCUT2D eigenvalue weighted by Gasteiger charge is 2.67. The molecule has 2 bridgehead atoms. The van der Waals surface area contributed by atoms with Gasteiger partial charge in [-0.05, 0) is 33.9 Å². The molecule has 3 aromatic rings. The van der Waals surface area contributed by atoms with Crippen molar-refractivity contribution in [1.29, 1.82) is 0 Å². The van der Waals surface area contributed by atoms with E-state index in [-0.39, 0.29) is 30.2 Å². The second kappa shape index (κ2) is 5.86. The van der Waals surface area contributed by atoms with Crippen LogP contribution in [0.4, 0.5) is 0 Å². The average Bonchev–Trinajstić information content (AvgIpc) is 3.01. The van der Waals surface area contributed by atoms with Crippen LogP contribution in [-0.4, -0.2) is 21.7 Å². The number of benzene rings is 2. The number of pyridine rings is 1. The second-order valence-electron chi connectivity index (χ2n) is 7.99. The summed E-state index contributed by atoms with van der Waals surface area (Å²) in [5.74, 6) is -1.11. The predicted octanol–water partition coefficient (Wildman–Crippen LogP) is 3.98. The van der Waals surface area contributed by atoms with Gasteiger partial charge in [0, 0.05) is 18.3 Å². The third-order valence-electron chi connectivity index (χ3n) is 6.67. The first kappa shape index (κ1) is 17.1. The molecular weight excluding hydrogens is 428 g/mol. The van der Waals surface area contributed by atoms with E-state index < -0.39 is 10.2 Å². The van der Waals surface area contributed by atoms with Crippen LogP contribution in [0.25, 0.3) is 0 Å². The number of aromatic nitrogens is 1. The van der Waals surface area contributed by atoms with Gasteiger partial charge in [0.1, 0.15) is 0 Å². The van der Waals surface area contributed by atoms with Crippen LogP contribution >= 0.6 is 15.9 Å². The first-order chi connectivity index (χ1) is 14.1. The minimum atomic E-state index is -0.684. The highest BCUT2D eigenvalue weighted by molar-refractivity contribution is 9.09. The Balaban J connectivity index is 1.55.